The minimum Gasteiger partial charge on any atom is -0.481 e. The summed E-state index contributed by atoms with van der Waals surface area (Å²) in [5.41, 5.74) is -0.387. The summed E-state index contributed by atoms with van der Waals surface area (Å²) in [6.45, 7) is 1.40. The molecule has 1 aromatic heterocycles. The lowest BCUT2D eigenvalue weighted by atomic mass is 9.73. The lowest BCUT2D eigenvalue weighted by molar-refractivity contribution is -0.160. The van der Waals surface area contributed by atoms with Crippen LogP contribution in [0.25, 0.3) is 0 Å². The molecule has 1 aliphatic heterocycles. The quantitative estimate of drug-likeness (QED) is 0.777. The number of carboxylic acids is 1. The smallest absolute Gasteiger partial charge is 0.313 e. The highest BCUT2D eigenvalue weighted by Gasteiger charge is 2.52. The number of aliphatic hydroxyl groups excluding tert-OH is 1. The summed E-state index contributed by atoms with van der Waals surface area (Å²) in [5.74, 6) is -1.21. The zero-order valence-electron chi connectivity index (χ0n) is 15.2. The Balaban J connectivity index is 2.00. The number of rotatable bonds is 5. The molecule has 3 rings (SSSR count). The van der Waals surface area contributed by atoms with Crippen LogP contribution >= 0.6 is 0 Å². The Morgan fingerprint density at radius 1 is 1.33 bits per heavy atom. The van der Waals surface area contributed by atoms with E-state index in [1.165, 1.54) is 17.9 Å². The van der Waals surface area contributed by atoms with Crippen LogP contribution in [0.4, 0.5) is 0 Å². The van der Waals surface area contributed by atoms with Gasteiger partial charge >= 0.3 is 5.97 Å². The maximum atomic E-state index is 13.2. The predicted molar refractivity (Wildman–Crippen MR) is 97.5 cm³/mol. The number of hydrogen-bond donors (Lipinski definition) is 2. The van der Waals surface area contributed by atoms with Crippen molar-refractivity contribution in [1.29, 1.82) is 0 Å². The van der Waals surface area contributed by atoms with E-state index in [4.69, 9.17) is 0 Å². The van der Waals surface area contributed by atoms with Crippen LogP contribution in [0.5, 0.6) is 0 Å². The van der Waals surface area contributed by atoms with Gasteiger partial charge in [-0.25, -0.2) is 8.42 Å². The number of sulfonamides is 1. The van der Waals surface area contributed by atoms with E-state index in [-0.39, 0.29) is 31.0 Å². The number of carbonyl (C=O) groups is 1. The fourth-order valence-electron chi connectivity index (χ4n) is 3.70. The first-order valence-electron chi connectivity index (χ1n) is 8.62. The minimum atomic E-state index is -3.94. The molecule has 1 aliphatic rings. The third-order valence-corrected chi connectivity index (χ3v) is 7.24. The summed E-state index contributed by atoms with van der Waals surface area (Å²) in [6, 6.07) is 8.93. The first-order valence-corrected chi connectivity index (χ1v) is 10.1. The number of aryl methyl sites for hydroxylation is 2. The molecule has 146 valence electrons. The van der Waals surface area contributed by atoms with Gasteiger partial charge in [-0.1, -0.05) is 30.3 Å². The third kappa shape index (κ3) is 3.38. The second kappa shape index (κ2) is 7.06. The van der Waals surface area contributed by atoms with Crippen LogP contribution in [-0.2, 0) is 28.3 Å². The Hall–Kier alpha value is -2.23. The number of aliphatic carboxylic acids is 1. The Labute approximate surface area is 158 Å². The molecular weight excluding hydrogens is 370 g/mol. The van der Waals surface area contributed by atoms with Gasteiger partial charge in [-0.2, -0.15) is 9.40 Å². The lowest BCUT2D eigenvalue weighted by Crippen LogP contribution is -2.58. The van der Waals surface area contributed by atoms with E-state index in [1.54, 1.807) is 31.2 Å². The number of hydrogen-bond acceptors (Lipinski definition) is 5. The Kier molecular flexibility index (Phi) is 5.11. The molecule has 0 saturated carbocycles. The minimum absolute atomic E-state index is 0.0397. The van der Waals surface area contributed by atoms with Crippen molar-refractivity contribution in [2.45, 2.75) is 30.9 Å². The number of aromatic nitrogens is 2. The van der Waals surface area contributed by atoms with Crippen molar-refractivity contribution in [3.05, 3.63) is 47.7 Å². The van der Waals surface area contributed by atoms with Gasteiger partial charge in [0.05, 0.1) is 12.3 Å². The van der Waals surface area contributed by atoms with Crippen LogP contribution in [0.1, 0.15) is 17.5 Å². The molecule has 1 saturated heterocycles. The Morgan fingerprint density at radius 3 is 2.56 bits per heavy atom. The van der Waals surface area contributed by atoms with Gasteiger partial charge in [0, 0.05) is 25.7 Å². The monoisotopic (exact) mass is 393 g/mol. The maximum absolute atomic E-state index is 13.2. The SMILES string of the molecule is Cc1cnn(C)c1S(=O)(=O)N1CC[C@@H](O)[C@](Cc2ccccc2)(C(=O)O)C1. The van der Waals surface area contributed by atoms with Crippen molar-refractivity contribution in [3.8, 4) is 0 Å². The van der Waals surface area contributed by atoms with Crippen LogP contribution < -0.4 is 0 Å². The average Bonchev–Trinajstić information content (AvgIpc) is 2.96. The summed E-state index contributed by atoms with van der Waals surface area (Å²) < 4.78 is 28.7. The number of aliphatic hydroxyl groups is 1. The van der Waals surface area contributed by atoms with Gasteiger partial charge in [0.1, 0.15) is 5.41 Å². The zero-order chi connectivity index (χ0) is 19.8. The standard InChI is InChI=1S/C18H23N3O5S/c1-13-11-19-20(2)16(13)27(25,26)21-9-8-15(22)18(12-21,17(23)24)10-14-6-4-3-5-7-14/h3-7,11,15,22H,8-10,12H2,1-2H3,(H,23,24)/t15-,18-/m1/s1. The molecule has 0 spiro atoms. The predicted octanol–water partition coefficient (Wildman–Crippen LogP) is 0.798. The molecule has 0 unspecified atom stereocenters. The van der Waals surface area contributed by atoms with Crippen LogP contribution in [0.2, 0.25) is 0 Å². The summed E-state index contributed by atoms with van der Waals surface area (Å²) in [5, 5.41) is 24.5. The first kappa shape index (κ1) is 19.5. The van der Waals surface area contributed by atoms with Crippen molar-refractivity contribution in [2.24, 2.45) is 12.5 Å². The zero-order valence-corrected chi connectivity index (χ0v) is 16.1. The van der Waals surface area contributed by atoms with Crippen LogP contribution in [0.15, 0.2) is 41.6 Å². The van der Waals surface area contributed by atoms with Gasteiger partial charge in [-0.15, -0.1) is 0 Å². The van der Waals surface area contributed by atoms with Crippen molar-refractivity contribution in [1.82, 2.24) is 14.1 Å². The molecule has 2 heterocycles. The van der Waals surface area contributed by atoms with Crippen molar-refractivity contribution in [3.63, 3.8) is 0 Å². The van der Waals surface area contributed by atoms with Gasteiger partial charge in [-0.3, -0.25) is 9.48 Å². The van der Waals surface area contributed by atoms with Crippen molar-refractivity contribution < 1.29 is 23.4 Å². The van der Waals surface area contributed by atoms with Gasteiger partial charge in [0.15, 0.2) is 5.03 Å². The highest BCUT2D eigenvalue weighted by Crippen LogP contribution is 2.37. The molecule has 2 aromatic rings. The Morgan fingerprint density at radius 2 is 2.00 bits per heavy atom. The molecule has 2 atom stereocenters. The van der Waals surface area contributed by atoms with E-state index >= 15 is 0 Å². The van der Waals surface area contributed by atoms with E-state index in [0.717, 1.165) is 9.87 Å². The van der Waals surface area contributed by atoms with E-state index in [2.05, 4.69) is 5.10 Å². The molecule has 1 aromatic carbocycles. The summed E-state index contributed by atoms with van der Waals surface area (Å²) in [6.07, 6.45) is 0.407. The highest BCUT2D eigenvalue weighted by molar-refractivity contribution is 7.89. The molecule has 0 amide bonds. The van der Waals surface area contributed by atoms with E-state index in [9.17, 15) is 23.4 Å². The molecule has 2 N–H and O–H groups in total. The molecular formula is C18H23N3O5S. The lowest BCUT2D eigenvalue weighted by Gasteiger charge is -2.42. The molecule has 0 bridgehead atoms. The fourth-order valence-corrected chi connectivity index (χ4v) is 5.53. The maximum Gasteiger partial charge on any atom is 0.313 e. The van der Waals surface area contributed by atoms with Crippen LogP contribution in [0.3, 0.4) is 0 Å². The van der Waals surface area contributed by atoms with Gasteiger partial charge < -0.3 is 10.2 Å². The molecule has 1 fully saturated rings. The third-order valence-electron chi connectivity index (χ3n) is 5.18. The van der Waals surface area contributed by atoms with Gasteiger partial charge in [-0.05, 0) is 25.3 Å². The fraction of sp³-hybridized carbons (Fsp3) is 0.444. The number of benzene rings is 1. The van der Waals surface area contributed by atoms with Gasteiger partial charge in [0.2, 0.25) is 0 Å². The van der Waals surface area contributed by atoms with Crippen LogP contribution in [-0.4, -0.2) is 57.9 Å². The largest absolute Gasteiger partial charge is 0.481 e. The van der Waals surface area contributed by atoms with Gasteiger partial charge in [0.25, 0.3) is 10.0 Å². The normalized spacial score (nSPS) is 24.0. The second-order valence-corrected chi connectivity index (χ2v) is 8.88. The first-order chi connectivity index (χ1) is 12.7. The van der Waals surface area contributed by atoms with E-state index < -0.39 is 27.5 Å². The van der Waals surface area contributed by atoms with Crippen molar-refractivity contribution in [2.75, 3.05) is 13.1 Å². The molecule has 0 radical (unpaired) electrons. The number of piperidine rings is 1. The van der Waals surface area contributed by atoms with E-state index in [0.29, 0.717) is 5.56 Å². The second-order valence-electron chi connectivity index (χ2n) is 7.02. The number of nitrogens with zero attached hydrogens (tertiary/aromatic N) is 3. The number of carboxylic acid groups (broad SMARTS) is 1. The summed E-state index contributed by atoms with van der Waals surface area (Å²) in [4.78, 5) is 12.2. The summed E-state index contributed by atoms with van der Waals surface area (Å²) >= 11 is 0. The van der Waals surface area contributed by atoms with Crippen molar-refractivity contribution >= 4 is 16.0 Å². The molecule has 8 nitrogen and oxygen atoms in total. The van der Waals surface area contributed by atoms with Crippen LogP contribution in [0, 0.1) is 12.3 Å². The molecule has 9 heteroatoms. The van der Waals surface area contributed by atoms with E-state index in [1.807, 2.05) is 6.07 Å². The molecule has 0 aliphatic carbocycles. The topological polar surface area (TPSA) is 113 Å². The highest BCUT2D eigenvalue weighted by atomic mass is 32.2. The summed E-state index contributed by atoms with van der Waals surface area (Å²) in [7, 11) is -2.41. The Bertz CT molecular complexity index is 922. The molecule has 27 heavy (non-hydrogen) atoms. The average molecular weight is 393 g/mol.